The summed E-state index contributed by atoms with van der Waals surface area (Å²) < 4.78 is 0. The molecule has 0 bridgehead atoms. The van der Waals surface area contributed by atoms with Crippen LogP contribution >= 0.6 is 0 Å². The molecule has 2 saturated heterocycles. The molecule has 0 radical (unpaired) electrons. The van der Waals surface area contributed by atoms with Crippen LogP contribution in [0.2, 0.25) is 0 Å². The van der Waals surface area contributed by atoms with E-state index >= 15 is 0 Å². The van der Waals surface area contributed by atoms with Crippen LogP contribution < -0.4 is 48.3 Å². The highest BCUT2D eigenvalue weighted by atomic mass is 16.3. The third kappa shape index (κ3) is 7.26. The van der Waals surface area contributed by atoms with Crippen molar-refractivity contribution >= 4 is 46.6 Å². The quantitative estimate of drug-likeness (QED) is 0.148. The van der Waals surface area contributed by atoms with Gasteiger partial charge in [-0.3, -0.25) is 4.90 Å². The molecule has 1 aromatic heterocycles. The largest absolute Gasteiger partial charge is 0.506 e. The predicted octanol–water partition coefficient (Wildman–Crippen LogP) is 2.42. The van der Waals surface area contributed by atoms with E-state index in [2.05, 4.69) is 20.6 Å². The van der Waals surface area contributed by atoms with Crippen molar-refractivity contribution in [2.45, 2.75) is 37.0 Å². The minimum Gasteiger partial charge on any atom is -0.506 e. The molecule has 2 amide bonds. The molecule has 4 atom stereocenters. The smallest absolute Gasteiger partial charge is 0.331 e. The van der Waals surface area contributed by atoms with E-state index in [-0.39, 0.29) is 41.6 Å². The molecule has 6 rings (SSSR count). The Kier molecular flexibility index (Phi) is 9.12. The van der Waals surface area contributed by atoms with Crippen molar-refractivity contribution in [1.82, 2.24) is 15.0 Å². The van der Waals surface area contributed by atoms with Crippen LogP contribution in [0.15, 0.2) is 78.9 Å². The number of urea groups is 1. The average molecular weight is 625 g/mol. The summed E-state index contributed by atoms with van der Waals surface area (Å²) in [4.78, 5) is 33.1. The number of anilines is 7. The van der Waals surface area contributed by atoms with Gasteiger partial charge in [-0.05, 0) is 49.2 Å². The maximum absolute atomic E-state index is 13.5. The van der Waals surface area contributed by atoms with Gasteiger partial charge < -0.3 is 48.5 Å². The Bertz CT molecular complexity index is 1540. The van der Waals surface area contributed by atoms with Crippen molar-refractivity contribution in [3.8, 4) is 5.75 Å². The lowest BCUT2D eigenvalue weighted by Gasteiger charge is -2.37. The van der Waals surface area contributed by atoms with Gasteiger partial charge in [-0.15, -0.1) is 0 Å². The number of phenols is 1. The molecule has 14 heteroatoms. The van der Waals surface area contributed by atoms with Gasteiger partial charge in [0.05, 0.1) is 17.1 Å². The minimum absolute atomic E-state index is 0.114. The van der Waals surface area contributed by atoms with Crippen LogP contribution in [0, 0.1) is 0 Å². The van der Waals surface area contributed by atoms with Gasteiger partial charge >= 0.3 is 6.03 Å². The summed E-state index contributed by atoms with van der Waals surface area (Å²) in [5.41, 5.74) is 27.2. The van der Waals surface area contributed by atoms with Crippen molar-refractivity contribution in [2.75, 3.05) is 51.5 Å². The number of aromatic hydroxyl groups is 1. The number of benzene rings is 3. The molecule has 11 N–H and O–H groups in total. The molecular weight excluding hydrogens is 584 g/mol. The first-order chi connectivity index (χ1) is 22.2. The summed E-state index contributed by atoms with van der Waals surface area (Å²) in [5, 5.41) is 17.0. The number of nitrogens with one attached hydrogen (secondary N) is 2. The van der Waals surface area contributed by atoms with Crippen LogP contribution in [0.25, 0.3) is 0 Å². The molecule has 2 aliphatic heterocycles. The number of carbonyl (C=O) groups is 1. The Labute approximate surface area is 267 Å². The normalized spacial score (nSPS) is 21.5. The highest BCUT2D eigenvalue weighted by molar-refractivity contribution is 6.07. The van der Waals surface area contributed by atoms with E-state index < -0.39 is 6.03 Å². The molecule has 2 fully saturated rings. The third-order valence-corrected chi connectivity index (χ3v) is 7.94. The van der Waals surface area contributed by atoms with Crippen molar-refractivity contribution in [3.63, 3.8) is 0 Å². The van der Waals surface area contributed by atoms with E-state index in [9.17, 15) is 9.90 Å². The molecule has 4 aromatic rings. The highest BCUT2D eigenvalue weighted by Gasteiger charge is 2.29. The van der Waals surface area contributed by atoms with Gasteiger partial charge in [0.2, 0.25) is 17.8 Å². The van der Waals surface area contributed by atoms with E-state index in [1.54, 1.807) is 12.1 Å². The fourth-order valence-corrected chi connectivity index (χ4v) is 5.93. The molecule has 0 aliphatic carbocycles. The molecule has 0 spiro atoms. The van der Waals surface area contributed by atoms with E-state index in [1.165, 1.54) is 11.0 Å². The van der Waals surface area contributed by atoms with Crippen LogP contribution in [-0.2, 0) is 0 Å². The molecule has 46 heavy (non-hydrogen) atoms. The first-order valence-corrected chi connectivity index (χ1v) is 15.3. The van der Waals surface area contributed by atoms with Crippen molar-refractivity contribution in [3.05, 3.63) is 78.9 Å². The van der Waals surface area contributed by atoms with Crippen LogP contribution in [0.1, 0.15) is 12.8 Å². The van der Waals surface area contributed by atoms with Crippen LogP contribution in [0.5, 0.6) is 5.75 Å². The number of nitrogens with two attached hydrogens (primary N) is 4. The second-order valence-corrected chi connectivity index (χ2v) is 11.9. The van der Waals surface area contributed by atoms with Crippen molar-refractivity contribution in [2.24, 2.45) is 22.9 Å². The third-order valence-electron chi connectivity index (χ3n) is 7.94. The lowest BCUT2D eigenvalue weighted by Crippen LogP contribution is -2.54. The zero-order chi connectivity index (χ0) is 32.2. The minimum atomic E-state index is -0.434. The number of hydrogen-bond donors (Lipinski definition) is 7. The standard InChI is InChI=1S/C32H40N12O2/c33-20-13-21(34)17-42(16-20)30-39-29(40-31(41-30)43-18-22(35)14-23(36)19-43)37-24-11-12-27(28(45)15-24)38-32(46)44(25-7-3-1-4-8-25)26-9-5-2-6-10-26/h1-12,15,20-23,45H,13-14,16-19,33-36H2,(H,38,46)(H,37,39,40,41)/t20-,21+,22-,23+. The number of carbonyl (C=O) groups excluding carboxylic acids is 1. The first-order valence-electron chi connectivity index (χ1n) is 15.3. The van der Waals surface area contributed by atoms with Crippen LogP contribution in [-0.4, -0.2) is 76.4 Å². The predicted molar refractivity (Wildman–Crippen MR) is 181 cm³/mol. The summed E-state index contributed by atoms with van der Waals surface area (Å²) in [6.07, 6.45) is 1.43. The molecule has 3 aromatic carbocycles. The Balaban J connectivity index is 1.25. The van der Waals surface area contributed by atoms with Crippen LogP contribution in [0.4, 0.5) is 45.4 Å². The molecule has 14 nitrogen and oxygen atoms in total. The van der Waals surface area contributed by atoms with E-state index in [4.69, 9.17) is 27.9 Å². The van der Waals surface area contributed by atoms with Gasteiger partial charge in [0.1, 0.15) is 5.75 Å². The summed E-state index contributed by atoms with van der Waals surface area (Å²) >= 11 is 0. The second-order valence-electron chi connectivity index (χ2n) is 11.9. The van der Waals surface area contributed by atoms with Crippen LogP contribution in [0.3, 0.4) is 0 Å². The maximum atomic E-state index is 13.5. The maximum Gasteiger partial charge on any atom is 0.331 e. The summed E-state index contributed by atoms with van der Waals surface area (Å²) in [5.74, 6) is 0.979. The number of rotatable bonds is 7. The molecule has 240 valence electrons. The Morgan fingerprint density at radius 1 is 0.717 bits per heavy atom. The Morgan fingerprint density at radius 3 is 1.65 bits per heavy atom. The fraction of sp³-hybridized carbons (Fsp3) is 0.312. The molecular formula is C32H40N12O2. The number of amides is 2. The fourth-order valence-electron chi connectivity index (χ4n) is 5.93. The van der Waals surface area contributed by atoms with Gasteiger partial charge in [-0.1, -0.05) is 36.4 Å². The summed E-state index contributed by atoms with van der Waals surface area (Å²) in [7, 11) is 0. The average Bonchev–Trinajstić information content (AvgIpc) is 3.02. The molecule has 2 aliphatic rings. The van der Waals surface area contributed by atoms with Crippen molar-refractivity contribution < 1.29 is 9.90 Å². The lowest BCUT2D eigenvalue weighted by molar-refractivity contribution is 0.259. The topological polar surface area (TPSA) is 214 Å². The lowest BCUT2D eigenvalue weighted by atomic mass is 10.0. The zero-order valence-corrected chi connectivity index (χ0v) is 25.4. The van der Waals surface area contributed by atoms with Gasteiger partial charge in [0.15, 0.2) is 0 Å². The highest BCUT2D eigenvalue weighted by Crippen LogP contribution is 2.32. The Hall–Kier alpha value is -5.02. The Morgan fingerprint density at radius 2 is 1.20 bits per heavy atom. The van der Waals surface area contributed by atoms with E-state index in [0.717, 1.165) is 0 Å². The van der Waals surface area contributed by atoms with Gasteiger partial charge in [0.25, 0.3) is 0 Å². The molecule has 0 saturated carbocycles. The summed E-state index contributed by atoms with van der Waals surface area (Å²) in [6.45, 7) is 2.20. The molecule has 3 heterocycles. The number of aromatic nitrogens is 3. The SMILES string of the molecule is N[C@@H]1C[C@H](N)CN(c2nc(Nc3ccc(NC(=O)N(c4ccccc4)c4ccccc4)c(O)c3)nc(N3C[C@H](N)C[C@H](N)C3)n2)C1. The number of piperidine rings is 2. The van der Waals surface area contributed by atoms with E-state index in [1.807, 2.05) is 70.5 Å². The second kappa shape index (κ2) is 13.5. The van der Waals surface area contributed by atoms with Gasteiger partial charge in [-0.2, -0.15) is 15.0 Å². The van der Waals surface area contributed by atoms with Gasteiger partial charge in [0, 0.05) is 62.1 Å². The van der Waals surface area contributed by atoms with Crippen molar-refractivity contribution in [1.29, 1.82) is 0 Å². The summed E-state index contributed by atoms with van der Waals surface area (Å²) in [6, 6.07) is 22.5. The number of hydrogen-bond acceptors (Lipinski definition) is 12. The first kappa shape index (κ1) is 31.0. The van der Waals surface area contributed by atoms with E-state index in [0.29, 0.717) is 68.0 Å². The number of nitrogens with zero attached hydrogens (tertiary/aromatic N) is 6. The monoisotopic (exact) mass is 624 g/mol. The zero-order valence-electron chi connectivity index (χ0n) is 25.4. The number of para-hydroxylation sites is 2. The molecule has 0 unspecified atom stereocenters. The number of phenolic OH excluding ortho intramolecular Hbond substituents is 1. The van der Waals surface area contributed by atoms with Gasteiger partial charge in [-0.25, -0.2) is 4.79 Å².